The molecule has 1 aromatic carbocycles. The third kappa shape index (κ3) is 2.68. The zero-order valence-electron chi connectivity index (χ0n) is 9.97. The summed E-state index contributed by atoms with van der Waals surface area (Å²) in [5.74, 6) is -1.76. The maximum atomic E-state index is 11.4. The third-order valence-electron chi connectivity index (χ3n) is 2.88. The van der Waals surface area contributed by atoms with Gasteiger partial charge in [0.25, 0.3) is 0 Å². The number of hydrogen-bond acceptors (Lipinski definition) is 5. The maximum Gasteiger partial charge on any atom is 0.311 e. The zero-order valence-corrected chi connectivity index (χ0v) is 9.97. The predicted molar refractivity (Wildman–Crippen MR) is 60.5 cm³/mol. The van der Waals surface area contributed by atoms with Crippen LogP contribution in [0.4, 0.5) is 0 Å². The van der Waals surface area contributed by atoms with E-state index >= 15 is 0 Å². The Morgan fingerprint density at radius 3 is 2.18 bits per heavy atom. The molecule has 94 valence electrons. The molecule has 17 heavy (non-hydrogen) atoms. The summed E-state index contributed by atoms with van der Waals surface area (Å²) in [7, 11) is 1.23. The van der Waals surface area contributed by atoms with E-state index in [2.05, 4.69) is 4.74 Å². The number of esters is 1. The number of ether oxygens (including phenoxy) is 1. The van der Waals surface area contributed by atoms with Gasteiger partial charge in [0.15, 0.2) is 0 Å². The minimum Gasteiger partial charge on any atom is -0.508 e. The number of aromatic hydroxyl groups is 2. The molecule has 0 aliphatic heterocycles. The van der Waals surface area contributed by atoms with E-state index < -0.39 is 17.5 Å². The van der Waals surface area contributed by atoms with Crippen molar-refractivity contribution in [2.45, 2.75) is 19.4 Å². The van der Waals surface area contributed by atoms with E-state index in [4.69, 9.17) is 0 Å². The Morgan fingerprint density at radius 1 is 1.29 bits per heavy atom. The Labute approximate surface area is 99.3 Å². The third-order valence-corrected chi connectivity index (χ3v) is 2.88. The Bertz CT molecular complexity index is 405. The topological polar surface area (TPSA) is 87.0 Å². The number of benzene rings is 1. The second kappa shape index (κ2) is 4.63. The number of carbonyl (C=O) groups excluding carboxylic acids is 1. The molecule has 0 aliphatic rings. The molecule has 1 rings (SSSR count). The van der Waals surface area contributed by atoms with Crippen molar-refractivity contribution in [3.8, 4) is 11.5 Å². The fourth-order valence-electron chi connectivity index (χ4n) is 1.54. The lowest BCUT2D eigenvalue weighted by molar-refractivity contribution is -0.154. The Kier molecular flexibility index (Phi) is 3.63. The van der Waals surface area contributed by atoms with Gasteiger partial charge in [-0.25, -0.2) is 0 Å². The SMILES string of the molecule is COC(=O)C(C)C(C)(O)c1cc(O)cc(O)c1. The van der Waals surface area contributed by atoms with Crippen LogP contribution in [0.15, 0.2) is 18.2 Å². The summed E-state index contributed by atoms with van der Waals surface area (Å²) in [6.45, 7) is 2.93. The molecule has 5 nitrogen and oxygen atoms in total. The van der Waals surface area contributed by atoms with Gasteiger partial charge >= 0.3 is 5.97 Å². The quantitative estimate of drug-likeness (QED) is 0.689. The molecule has 0 spiro atoms. The molecule has 2 atom stereocenters. The van der Waals surface area contributed by atoms with Crippen LogP contribution in [0.1, 0.15) is 19.4 Å². The van der Waals surface area contributed by atoms with Gasteiger partial charge in [-0.2, -0.15) is 0 Å². The van der Waals surface area contributed by atoms with E-state index in [1.54, 1.807) is 0 Å². The second-order valence-corrected chi connectivity index (χ2v) is 4.13. The number of hydrogen-bond donors (Lipinski definition) is 3. The van der Waals surface area contributed by atoms with Gasteiger partial charge < -0.3 is 20.1 Å². The molecule has 0 aliphatic carbocycles. The number of methoxy groups -OCH3 is 1. The summed E-state index contributed by atoms with van der Waals surface area (Å²) in [4.78, 5) is 11.4. The number of carbonyl (C=O) groups is 1. The molecule has 2 unspecified atom stereocenters. The van der Waals surface area contributed by atoms with Crippen LogP contribution in [0.5, 0.6) is 11.5 Å². The van der Waals surface area contributed by atoms with Gasteiger partial charge in [0, 0.05) is 6.07 Å². The molecule has 0 fully saturated rings. The molecule has 1 aromatic rings. The van der Waals surface area contributed by atoms with Crippen molar-refractivity contribution in [1.29, 1.82) is 0 Å². The molecule has 0 heterocycles. The summed E-state index contributed by atoms with van der Waals surface area (Å²) in [6, 6.07) is 3.72. The Balaban J connectivity index is 3.15. The van der Waals surface area contributed by atoms with Gasteiger partial charge in [0.05, 0.1) is 13.0 Å². The summed E-state index contributed by atoms with van der Waals surface area (Å²) in [5.41, 5.74) is -1.29. The molecule has 3 N–H and O–H groups in total. The fraction of sp³-hybridized carbons (Fsp3) is 0.417. The first-order valence-corrected chi connectivity index (χ1v) is 5.12. The first kappa shape index (κ1) is 13.3. The smallest absolute Gasteiger partial charge is 0.311 e. The van der Waals surface area contributed by atoms with E-state index in [-0.39, 0.29) is 17.1 Å². The van der Waals surface area contributed by atoms with Crippen molar-refractivity contribution in [1.82, 2.24) is 0 Å². The molecule has 0 radical (unpaired) electrons. The van der Waals surface area contributed by atoms with Crippen molar-refractivity contribution in [3.05, 3.63) is 23.8 Å². The normalized spacial score (nSPS) is 16.0. The summed E-state index contributed by atoms with van der Waals surface area (Å²) < 4.78 is 4.56. The fourth-order valence-corrected chi connectivity index (χ4v) is 1.54. The van der Waals surface area contributed by atoms with E-state index in [9.17, 15) is 20.1 Å². The maximum absolute atomic E-state index is 11.4. The largest absolute Gasteiger partial charge is 0.508 e. The van der Waals surface area contributed by atoms with Gasteiger partial charge in [0.1, 0.15) is 17.1 Å². The zero-order chi connectivity index (χ0) is 13.2. The standard InChI is InChI=1S/C12H16O5/c1-7(11(15)17-3)12(2,16)8-4-9(13)6-10(14)5-8/h4-7,13-14,16H,1-3H3. The van der Waals surface area contributed by atoms with Crippen molar-refractivity contribution >= 4 is 5.97 Å². The van der Waals surface area contributed by atoms with Crippen LogP contribution in [0.2, 0.25) is 0 Å². The Hall–Kier alpha value is -1.75. The summed E-state index contributed by atoms with van der Waals surface area (Å²) in [6.07, 6.45) is 0. The molecular formula is C12H16O5. The molecule has 0 saturated carbocycles. The lowest BCUT2D eigenvalue weighted by Gasteiger charge is -2.29. The Morgan fingerprint density at radius 2 is 1.76 bits per heavy atom. The van der Waals surface area contributed by atoms with Crippen LogP contribution in [0, 0.1) is 5.92 Å². The van der Waals surface area contributed by atoms with Crippen LogP contribution >= 0.6 is 0 Å². The predicted octanol–water partition coefficient (Wildman–Crippen LogP) is 1.11. The minimum atomic E-state index is -1.54. The minimum absolute atomic E-state index is 0.183. The van der Waals surface area contributed by atoms with Gasteiger partial charge in [-0.15, -0.1) is 0 Å². The van der Waals surface area contributed by atoms with Crippen LogP contribution < -0.4 is 0 Å². The van der Waals surface area contributed by atoms with E-state index in [1.807, 2.05) is 0 Å². The van der Waals surface area contributed by atoms with Crippen molar-refractivity contribution in [2.75, 3.05) is 7.11 Å². The second-order valence-electron chi connectivity index (χ2n) is 4.13. The summed E-state index contributed by atoms with van der Waals surface area (Å²) in [5, 5.41) is 29.0. The van der Waals surface area contributed by atoms with Gasteiger partial charge in [-0.3, -0.25) is 4.79 Å². The number of aliphatic hydroxyl groups is 1. The summed E-state index contributed by atoms with van der Waals surface area (Å²) >= 11 is 0. The van der Waals surface area contributed by atoms with Crippen LogP contribution in [-0.2, 0) is 15.1 Å². The average Bonchev–Trinajstić information content (AvgIpc) is 2.25. The van der Waals surface area contributed by atoms with Gasteiger partial charge in [0.2, 0.25) is 0 Å². The lowest BCUT2D eigenvalue weighted by atomic mass is 9.84. The molecule has 0 bridgehead atoms. The highest BCUT2D eigenvalue weighted by Crippen LogP contribution is 2.34. The highest BCUT2D eigenvalue weighted by Gasteiger charge is 2.36. The monoisotopic (exact) mass is 240 g/mol. The van der Waals surface area contributed by atoms with Gasteiger partial charge in [-0.1, -0.05) is 0 Å². The molecule has 5 heteroatoms. The number of rotatable bonds is 3. The first-order chi connectivity index (χ1) is 7.78. The number of phenolic OH excluding ortho intramolecular Hbond substituents is 2. The molecule has 0 saturated heterocycles. The van der Waals surface area contributed by atoms with Crippen LogP contribution in [-0.4, -0.2) is 28.4 Å². The van der Waals surface area contributed by atoms with Crippen molar-refractivity contribution in [2.24, 2.45) is 5.92 Å². The van der Waals surface area contributed by atoms with Crippen molar-refractivity contribution < 1.29 is 24.9 Å². The van der Waals surface area contributed by atoms with Gasteiger partial charge in [-0.05, 0) is 31.5 Å². The van der Waals surface area contributed by atoms with Crippen molar-refractivity contribution in [3.63, 3.8) is 0 Å². The first-order valence-electron chi connectivity index (χ1n) is 5.12. The average molecular weight is 240 g/mol. The molecule has 0 aromatic heterocycles. The molecule has 0 amide bonds. The molecular weight excluding hydrogens is 224 g/mol. The number of phenols is 2. The van der Waals surface area contributed by atoms with Crippen LogP contribution in [0.25, 0.3) is 0 Å². The van der Waals surface area contributed by atoms with E-state index in [1.165, 1.54) is 33.1 Å². The van der Waals surface area contributed by atoms with Crippen LogP contribution in [0.3, 0.4) is 0 Å². The van der Waals surface area contributed by atoms with E-state index in [0.29, 0.717) is 0 Å². The van der Waals surface area contributed by atoms with E-state index in [0.717, 1.165) is 6.07 Å². The lowest BCUT2D eigenvalue weighted by Crippen LogP contribution is -2.35. The highest BCUT2D eigenvalue weighted by atomic mass is 16.5. The highest BCUT2D eigenvalue weighted by molar-refractivity contribution is 5.73.